The third-order valence-electron chi connectivity index (χ3n) is 9.11. The van der Waals surface area contributed by atoms with Gasteiger partial charge < -0.3 is 9.64 Å². The molecule has 19 heteroatoms. The highest BCUT2D eigenvalue weighted by Crippen LogP contribution is 2.64. The number of rotatable bonds is 14. The Balaban J connectivity index is 0.000000168. The molecule has 2 atom stereocenters. The van der Waals surface area contributed by atoms with Crippen LogP contribution in [0.25, 0.3) is 0 Å². The number of nitro groups is 2. The van der Waals surface area contributed by atoms with Crippen molar-refractivity contribution < 1.29 is 41.7 Å². The van der Waals surface area contributed by atoms with Gasteiger partial charge in [0.1, 0.15) is 5.75 Å². The molecule has 0 radical (unpaired) electrons. The van der Waals surface area contributed by atoms with E-state index in [2.05, 4.69) is 0 Å². The quantitative estimate of drug-likeness (QED) is 0.0715. The number of ether oxygens (including phenoxy) is 1. The average molecular weight is 805 g/mol. The Bertz CT molecular complexity index is 1970. The van der Waals surface area contributed by atoms with E-state index in [1.54, 1.807) is 56.3 Å². The lowest BCUT2D eigenvalue weighted by Crippen LogP contribution is -2.21. The van der Waals surface area contributed by atoms with E-state index in [0.717, 1.165) is 68.4 Å². The van der Waals surface area contributed by atoms with Crippen LogP contribution in [0.15, 0.2) is 60.7 Å². The predicted molar refractivity (Wildman–Crippen MR) is 207 cm³/mol. The van der Waals surface area contributed by atoms with Gasteiger partial charge in [-0.3, -0.25) is 43.2 Å². The van der Waals surface area contributed by atoms with E-state index in [1.165, 1.54) is 32.4 Å². The average Bonchev–Trinajstić information content (AvgIpc) is 3.99. The zero-order valence-corrected chi connectivity index (χ0v) is 33.5. The minimum absolute atomic E-state index is 0.0889. The van der Waals surface area contributed by atoms with Gasteiger partial charge in [0.2, 0.25) is 0 Å². The highest BCUT2D eigenvalue weighted by Gasteiger charge is 2.51. The Kier molecular flexibility index (Phi) is 12.0. The normalized spacial score (nSPS) is 18.8. The summed E-state index contributed by atoms with van der Waals surface area (Å²) in [5.41, 5.74) is 3.25. The van der Waals surface area contributed by atoms with Gasteiger partial charge in [0, 0.05) is 99.3 Å². The van der Waals surface area contributed by atoms with Gasteiger partial charge in [-0.15, -0.1) is 0 Å². The molecule has 4 aliphatic heterocycles. The van der Waals surface area contributed by atoms with Gasteiger partial charge in [0.15, 0.2) is 0 Å². The molecular formula is C36H49N7O10P2. The molecule has 3 aromatic carbocycles. The summed E-state index contributed by atoms with van der Waals surface area (Å²) in [7, 11) is -3.02. The third-order valence-corrected chi connectivity index (χ3v) is 14.8. The molecule has 4 aliphatic rings. The smallest absolute Gasteiger partial charge is 0.346 e. The van der Waals surface area contributed by atoms with Crippen LogP contribution >= 0.6 is 15.3 Å². The Morgan fingerprint density at radius 3 is 1.45 bits per heavy atom. The first kappa shape index (κ1) is 37.9. The number of carbonyl (C=O) groups is 1. The number of nitrogens with zero attached hydrogens (tertiary/aromatic N) is 7. The van der Waals surface area contributed by atoms with Crippen LogP contribution in [-0.4, -0.2) is 113 Å². The van der Waals surface area contributed by atoms with Crippen molar-refractivity contribution in [3.63, 3.8) is 0 Å². The van der Waals surface area contributed by atoms with Crippen molar-refractivity contribution in [2.75, 3.05) is 73.5 Å². The van der Waals surface area contributed by atoms with Gasteiger partial charge in [-0.25, -0.2) is 18.7 Å². The molecule has 1 amide bonds. The van der Waals surface area contributed by atoms with E-state index in [0.29, 0.717) is 16.9 Å². The number of nitro benzene ring substituents is 2. The molecule has 0 saturated carbocycles. The summed E-state index contributed by atoms with van der Waals surface area (Å²) >= 11 is 0. The standard InChI is InChI=1S/2C13H18N3O4P.C10H13NO2/c2*1-10-9-12(3-4-13(10)16(17)18)11(2)20-21(19,14-5-6-14)15-7-8-15;1-11(2)10(12)8-5-4-6-9(7-8)13-3/h2*3-4,9,11H,5-8H2,1-2H3;4-7H,1-3H3/t2*11-;/m10./s1/i;;1D3. The molecule has 0 bridgehead atoms. The van der Waals surface area contributed by atoms with E-state index in [4.69, 9.17) is 17.9 Å². The van der Waals surface area contributed by atoms with Gasteiger partial charge >= 0.3 is 15.3 Å². The monoisotopic (exact) mass is 804 g/mol. The van der Waals surface area contributed by atoms with Gasteiger partial charge in [-0.05, 0) is 81.3 Å². The molecule has 7 rings (SSSR count). The molecule has 0 spiro atoms. The maximum atomic E-state index is 12.9. The van der Waals surface area contributed by atoms with Crippen LogP contribution in [-0.2, 0) is 18.2 Å². The zero-order valence-electron chi connectivity index (χ0n) is 34.7. The fraction of sp³-hybridized carbons (Fsp3) is 0.472. The van der Waals surface area contributed by atoms with Crippen molar-refractivity contribution >= 4 is 32.6 Å². The van der Waals surface area contributed by atoms with Crippen LogP contribution in [0.1, 0.15) is 62.8 Å². The lowest BCUT2D eigenvalue weighted by molar-refractivity contribution is -0.385. The number of methoxy groups -OCH3 is 1. The van der Waals surface area contributed by atoms with Crippen LogP contribution in [0, 0.1) is 34.1 Å². The third kappa shape index (κ3) is 10.6. The topological polar surface area (TPSA) is 180 Å². The Morgan fingerprint density at radius 1 is 0.745 bits per heavy atom. The van der Waals surface area contributed by atoms with Crippen LogP contribution in [0.3, 0.4) is 0 Å². The molecule has 3 aromatic rings. The summed E-state index contributed by atoms with van der Waals surface area (Å²) in [6.45, 7) is 11.1. The Hall–Kier alpha value is -4.05. The molecule has 4 fully saturated rings. The fourth-order valence-corrected chi connectivity index (χ4v) is 10.3. The van der Waals surface area contributed by atoms with Crippen molar-refractivity contribution in [3.05, 3.63) is 109 Å². The van der Waals surface area contributed by atoms with Crippen molar-refractivity contribution in [3.8, 4) is 5.75 Å². The van der Waals surface area contributed by atoms with E-state index in [-0.39, 0.29) is 29.1 Å². The second-order valence-electron chi connectivity index (χ2n) is 13.5. The summed E-state index contributed by atoms with van der Waals surface area (Å²) in [4.78, 5) is 33.4. The lowest BCUT2D eigenvalue weighted by atomic mass is 10.1. The Labute approximate surface area is 325 Å². The lowest BCUT2D eigenvalue weighted by Gasteiger charge is -2.24. The SMILES string of the molecule is Cc1cc([C@@H](C)OP(=O)(N2CC2)N2CC2)ccc1[N+](=O)[O-].Cc1cc([C@H](C)OP(=O)(N2CC2)N2CC2)ccc1[N+](=O)[O-].[2H]C([2H])([2H])N(C)C(=O)c1cccc(OC)c1. The first-order chi connectivity index (χ1) is 27.2. The van der Waals surface area contributed by atoms with E-state index >= 15 is 0 Å². The molecule has 0 aromatic heterocycles. The molecule has 298 valence electrons. The van der Waals surface area contributed by atoms with Gasteiger partial charge in [-0.1, -0.05) is 6.07 Å². The molecule has 0 unspecified atom stereocenters. The fourth-order valence-electron chi connectivity index (χ4n) is 5.57. The predicted octanol–water partition coefficient (Wildman–Crippen LogP) is 6.84. The molecule has 0 aliphatic carbocycles. The van der Waals surface area contributed by atoms with Crippen molar-refractivity contribution in [1.29, 1.82) is 0 Å². The largest absolute Gasteiger partial charge is 0.497 e. The number of aryl methyl sites for hydroxylation is 2. The number of hydrogen-bond acceptors (Lipinski definition) is 10. The minimum Gasteiger partial charge on any atom is -0.497 e. The van der Waals surface area contributed by atoms with Crippen molar-refractivity contribution in [2.24, 2.45) is 0 Å². The van der Waals surface area contributed by atoms with Crippen LogP contribution < -0.4 is 4.74 Å². The molecule has 0 N–H and O–H groups in total. The summed E-state index contributed by atoms with van der Waals surface area (Å²) in [5.74, 6) is -0.0382. The highest BCUT2D eigenvalue weighted by atomic mass is 31.2. The van der Waals surface area contributed by atoms with E-state index in [9.17, 15) is 34.2 Å². The van der Waals surface area contributed by atoms with Gasteiger partial charge in [0.05, 0.1) is 29.2 Å². The van der Waals surface area contributed by atoms with Crippen LogP contribution in [0.4, 0.5) is 11.4 Å². The number of benzene rings is 3. The summed E-state index contributed by atoms with van der Waals surface area (Å²) in [6.07, 6.45) is -0.729. The van der Waals surface area contributed by atoms with Gasteiger partial charge in [-0.2, -0.15) is 0 Å². The zero-order chi connectivity index (χ0) is 42.7. The maximum Gasteiger partial charge on any atom is 0.346 e. The molecule has 17 nitrogen and oxygen atoms in total. The first-order valence-corrected chi connectivity index (χ1v) is 20.8. The van der Waals surface area contributed by atoms with E-state index < -0.39 is 38.1 Å². The second kappa shape index (κ2) is 17.4. The highest BCUT2D eigenvalue weighted by molar-refractivity contribution is 7.54. The molecule has 4 heterocycles. The Morgan fingerprint density at radius 2 is 1.15 bits per heavy atom. The van der Waals surface area contributed by atoms with Crippen molar-refractivity contribution in [1.82, 2.24) is 23.6 Å². The maximum absolute atomic E-state index is 12.9. The van der Waals surface area contributed by atoms with Gasteiger partial charge in [0.25, 0.3) is 17.3 Å². The van der Waals surface area contributed by atoms with Crippen LogP contribution in [0.2, 0.25) is 0 Å². The van der Waals surface area contributed by atoms with Crippen LogP contribution in [0.5, 0.6) is 5.75 Å². The summed E-state index contributed by atoms with van der Waals surface area (Å²) in [5, 5.41) is 21.7. The summed E-state index contributed by atoms with van der Waals surface area (Å²) < 4.78 is 71.3. The number of amides is 1. The summed E-state index contributed by atoms with van der Waals surface area (Å²) in [6, 6.07) is 16.1. The first-order valence-electron chi connectivity index (χ1n) is 19.2. The van der Waals surface area contributed by atoms with Crippen molar-refractivity contribution in [2.45, 2.75) is 39.9 Å². The van der Waals surface area contributed by atoms with E-state index in [1.807, 2.05) is 32.5 Å². The molecule has 55 heavy (non-hydrogen) atoms. The number of hydrogen-bond donors (Lipinski definition) is 0. The molecule has 4 saturated heterocycles. The number of carbonyl (C=O) groups excluding carboxylic acids is 1. The second-order valence-corrected chi connectivity index (χ2v) is 18.1. The minimum atomic E-state index is -2.88. The molecular weight excluding hydrogens is 752 g/mol.